The zero-order chi connectivity index (χ0) is 15.7. The summed E-state index contributed by atoms with van der Waals surface area (Å²) in [4.78, 5) is 16.9. The van der Waals surface area contributed by atoms with Crippen molar-refractivity contribution in [2.75, 3.05) is 13.6 Å². The minimum Gasteiger partial charge on any atom is -0.334 e. The van der Waals surface area contributed by atoms with Gasteiger partial charge < -0.3 is 4.90 Å². The summed E-state index contributed by atoms with van der Waals surface area (Å²) in [5, 5.41) is 0.399. The van der Waals surface area contributed by atoms with Crippen molar-refractivity contribution < 1.29 is 9.18 Å². The van der Waals surface area contributed by atoms with Crippen molar-refractivity contribution >= 4 is 17.5 Å². The third kappa shape index (κ3) is 3.28. The van der Waals surface area contributed by atoms with Crippen LogP contribution in [0.2, 0.25) is 5.02 Å². The Morgan fingerprint density at radius 1 is 1.36 bits per heavy atom. The van der Waals surface area contributed by atoms with E-state index in [2.05, 4.69) is 4.90 Å². The number of benzene rings is 1. The summed E-state index contributed by atoms with van der Waals surface area (Å²) >= 11 is 6.13. The SMILES string of the molecule is CN1CCCC[C@@H]1C(=O)N(Cc1c(F)cccc1Cl)C1CC1. The van der Waals surface area contributed by atoms with E-state index in [4.69, 9.17) is 11.6 Å². The van der Waals surface area contributed by atoms with Crippen LogP contribution in [0.4, 0.5) is 4.39 Å². The van der Waals surface area contributed by atoms with Crippen molar-refractivity contribution in [3.63, 3.8) is 0 Å². The molecule has 22 heavy (non-hydrogen) atoms. The Kier molecular flexibility index (Phi) is 4.69. The number of likely N-dealkylation sites (tertiary alicyclic amines) is 1. The lowest BCUT2D eigenvalue weighted by atomic mass is 10.0. The van der Waals surface area contributed by atoms with Crippen LogP contribution in [-0.4, -0.2) is 41.4 Å². The molecule has 1 aromatic rings. The van der Waals surface area contributed by atoms with Gasteiger partial charge in [-0.3, -0.25) is 9.69 Å². The Bertz CT molecular complexity index is 541. The van der Waals surface area contributed by atoms with Crippen molar-refractivity contribution in [2.24, 2.45) is 0 Å². The van der Waals surface area contributed by atoms with Crippen molar-refractivity contribution in [3.8, 4) is 0 Å². The second-order valence-corrected chi connectivity index (χ2v) is 6.80. The summed E-state index contributed by atoms with van der Waals surface area (Å²) in [6.07, 6.45) is 5.13. The van der Waals surface area contributed by atoms with E-state index in [9.17, 15) is 9.18 Å². The molecule has 1 heterocycles. The highest BCUT2D eigenvalue weighted by Crippen LogP contribution is 2.32. The first-order valence-corrected chi connectivity index (χ1v) is 8.39. The van der Waals surface area contributed by atoms with Gasteiger partial charge in [-0.2, -0.15) is 0 Å². The topological polar surface area (TPSA) is 23.6 Å². The van der Waals surface area contributed by atoms with Crippen molar-refractivity contribution in [1.82, 2.24) is 9.80 Å². The molecular formula is C17H22ClFN2O. The van der Waals surface area contributed by atoms with Gasteiger partial charge in [-0.25, -0.2) is 4.39 Å². The predicted octanol–water partition coefficient (Wildman–Crippen LogP) is 3.45. The van der Waals surface area contributed by atoms with Crippen LogP contribution in [0.5, 0.6) is 0 Å². The Balaban J connectivity index is 1.79. The van der Waals surface area contributed by atoms with Crippen molar-refractivity contribution in [1.29, 1.82) is 0 Å². The van der Waals surface area contributed by atoms with Crippen LogP contribution in [0.25, 0.3) is 0 Å². The number of carbonyl (C=O) groups excluding carboxylic acids is 1. The van der Waals surface area contributed by atoms with Gasteiger partial charge in [0.15, 0.2) is 0 Å². The molecule has 1 amide bonds. The molecule has 3 rings (SSSR count). The Morgan fingerprint density at radius 2 is 2.14 bits per heavy atom. The monoisotopic (exact) mass is 324 g/mol. The molecule has 1 saturated heterocycles. The van der Waals surface area contributed by atoms with Gasteiger partial charge in [0.05, 0.1) is 12.6 Å². The number of carbonyl (C=O) groups is 1. The van der Waals surface area contributed by atoms with Gasteiger partial charge in [-0.15, -0.1) is 0 Å². The maximum Gasteiger partial charge on any atom is 0.240 e. The van der Waals surface area contributed by atoms with Gasteiger partial charge in [-0.05, 0) is 51.4 Å². The highest BCUT2D eigenvalue weighted by molar-refractivity contribution is 6.31. The molecule has 1 aliphatic heterocycles. The molecule has 5 heteroatoms. The fourth-order valence-corrected chi connectivity index (χ4v) is 3.43. The van der Waals surface area contributed by atoms with Crippen LogP contribution in [0, 0.1) is 5.82 Å². The first-order chi connectivity index (χ1) is 10.6. The first-order valence-electron chi connectivity index (χ1n) is 8.01. The second kappa shape index (κ2) is 6.55. The number of hydrogen-bond acceptors (Lipinski definition) is 2. The molecule has 0 aromatic heterocycles. The highest BCUT2D eigenvalue weighted by atomic mass is 35.5. The Hall–Kier alpha value is -1.13. The summed E-state index contributed by atoms with van der Waals surface area (Å²) in [6.45, 7) is 1.23. The molecule has 2 fully saturated rings. The summed E-state index contributed by atoms with van der Waals surface area (Å²) in [5.74, 6) is -0.202. The summed E-state index contributed by atoms with van der Waals surface area (Å²) in [7, 11) is 2.00. The third-order valence-electron chi connectivity index (χ3n) is 4.72. The van der Waals surface area contributed by atoms with E-state index < -0.39 is 0 Å². The van der Waals surface area contributed by atoms with Crippen molar-refractivity contribution in [3.05, 3.63) is 34.6 Å². The molecule has 2 aliphatic rings. The molecule has 1 saturated carbocycles. The quantitative estimate of drug-likeness (QED) is 0.847. The molecule has 120 valence electrons. The average molecular weight is 325 g/mol. The minimum absolute atomic E-state index is 0.0695. The normalized spacial score (nSPS) is 22.6. The Morgan fingerprint density at radius 3 is 2.77 bits per heavy atom. The number of nitrogens with zero attached hydrogens (tertiary/aromatic N) is 2. The molecule has 3 nitrogen and oxygen atoms in total. The van der Waals surface area contributed by atoms with Gasteiger partial charge in [0.1, 0.15) is 5.82 Å². The molecule has 0 radical (unpaired) electrons. The van der Waals surface area contributed by atoms with Gasteiger partial charge in [0, 0.05) is 16.6 Å². The van der Waals surface area contributed by atoms with Gasteiger partial charge in [0.2, 0.25) is 5.91 Å². The fourth-order valence-electron chi connectivity index (χ4n) is 3.21. The predicted molar refractivity (Wildman–Crippen MR) is 85.3 cm³/mol. The largest absolute Gasteiger partial charge is 0.334 e. The number of likely N-dealkylation sites (N-methyl/N-ethyl adjacent to an activating group) is 1. The van der Waals surface area contributed by atoms with Crippen molar-refractivity contribution in [2.45, 2.75) is 50.7 Å². The lowest BCUT2D eigenvalue weighted by Gasteiger charge is -2.35. The molecule has 1 atom stereocenters. The van der Waals surface area contributed by atoms with Crippen LogP contribution >= 0.6 is 11.6 Å². The average Bonchev–Trinajstić information content (AvgIpc) is 3.31. The smallest absolute Gasteiger partial charge is 0.240 e. The minimum atomic E-state index is -0.331. The molecular weight excluding hydrogens is 303 g/mol. The molecule has 0 unspecified atom stereocenters. The molecule has 1 aromatic carbocycles. The van der Waals surface area contributed by atoms with E-state index in [-0.39, 0.29) is 30.4 Å². The molecule has 1 aliphatic carbocycles. The van der Waals surface area contributed by atoms with E-state index >= 15 is 0 Å². The fraction of sp³-hybridized carbons (Fsp3) is 0.588. The van der Waals surface area contributed by atoms with E-state index in [1.165, 1.54) is 6.07 Å². The zero-order valence-corrected chi connectivity index (χ0v) is 13.7. The maximum atomic E-state index is 14.0. The third-order valence-corrected chi connectivity index (χ3v) is 5.07. The number of rotatable bonds is 4. The molecule has 0 spiro atoms. The zero-order valence-electron chi connectivity index (χ0n) is 12.9. The van der Waals surface area contributed by atoms with E-state index in [0.29, 0.717) is 10.6 Å². The van der Waals surface area contributed by atoms with E-state index in [1.54, 1.807) is 12.1 Å². The van der Waals surface area contributed by atoms with Crippen LogP contribution in [-0.2, 0) is 11.3 Å². The number of amides is 1. The van der Waals surface area contributed by atoms with Crippen LogP contribution in [0.3, 0.4) is 0 Å². The van der Waals surface area contributed by atoms with Crippen LogP contribution < -0.4 is 0 Å². The van der Waals surface area contributed by atoms with Gasteiger partial charge in [0.25, 0.3) is 0 Å². The van der Waals surface area contributed by atoms with Gasteiger partial charge in [-0.1, -0.05) is 24.1 Å². The number of hydrogen-bond donors (Lipinski definition) is 0. The maximum absolute atomic E-state index is 14.0. The second-order valence-electron chi connectivity index (χ2n) is 6.39. The van der Waals surface area contributed by atoms with Crippen LogP contribution in [0.1, 0.15) is 37.7 Å². The lowest BCUT2D eigenvalue weighted by molar-refractivity contribution is -0.139. The standard InChI is InChI=1S/C17H22ClFN2O/c1-20-10-3-2-7-16(20)17(22)21(12-8-9-12)11-13-14(18)5-4-6-15(13)19/h4-6,12,16H,2-3,7-11H2,1H3/t16-/m1/s1. The summed E-state index contributed by atoms with van der Waals surface area (Å²) < 4.78 is 14.0. The first kappa shape index (κ1) is 15.8. The summed E-state index contributed by atoms with van der Waals surface area (Å²) in [6, 6.07) is 4.86. The molecule has 0 bridgehead atoms. The van der Waals surface area contributed by atoms with E-state index in [1.807, 2.05) is 11.9 Å². The van der Waals surface area contributed by atoms with Crippen LogP contribution in [0.15, 0.2) is 18.2 Å². The van der Waals surface area contributed by atoms with Gasteiger partial charge >= 0.3 is 0 Å². The lowest BCUT2D eigenvalue weighted by Crippen LogP contribution is -2.49. The number of halogens is 2. The number of piperidine rings is 1. The molecule has 0 N–H and O–H groups in total. The summed E-state index contributed by atoms with van der Waals surface area (Å²) in [5.41, 5.74) is 0.433. The highest BCUT2D eigenvalue weighted by Gasteiger charge is 2.38. The Labute approximate surface area is 136 Å². The van der Waals surface area contributed by atoms with E-state index in [0.717, 1.165) is 38.6 Å².